The van der Waals surface area contributed by atoms with Gasteiger partial charge in [-0.15, -0.1) is 0 Å². The van der Waals surface area contributed by atoms with Gasteiger partial charge in [0.1, 0.15) is 17.5 Å². The summed E-state index contributed by atoms with van der Waals surface area (Å²) in [6.45, 7) is 0.327. The van der Waals surface area contributed by atoms with E-state index in [0.717, 1.165) is 0 Å². The summed E-state index contributed by atoms with van der Waals surface area (Å²) in [4.78, 5) is 16.1. The fourth-order valence-corrected chi connectivity index (χ4v) is 2.41. The van der Waals surface area contributed by atoms with E-state index in [2.05, 4.69) is 15.6 Å². The molecule has 0 aliphatic heterocycles. The number of aromatic nitrogens is 1. The van der Waals surface area contributed by atoms with Gasteiger partial charge in [0.15, 0.2) is 0 Å². The van der Waals surface area contributed by atoms with Gasteiger partial charge in [-0.25, -0.2) is 13.8 Å². The quantitative estimate of drug-likeness (QED) is 0.700. The lowest BCUT2D eigenvalue weighted by molar-refractivity contribution is -0.115. The van der Waals surface area contributed by atoms with Gasteiger partial charge < -0.3 is 10.6 Å². The van der Waals surface area contributed by atoms with Crippen LogP contribution in [-0.4, -0.2) is 10.9 Å². The maximum Gasteiger partial charge on any atom is 0.230 e. The number of anilines is 2. The summed E-state index contributed by atoms with van der Waals surface area (Å²) in [6, 6.07) is 16.0. The zero-order valence-electron chi connectivity index (χ0n) is 13.9. The molecule has 2 N–H and O–H groups in total. The Morgan fingerprint density at radius 3 is 2.15 bits per heavy atom. The van der Waals surface area contributed by atoms with Crippen molar-refractivity contribution in [3.63, 3.8) is 0 Å². The highest BCUT2D eigenvalue weighted by molar-refractivity contribution is 5.91. The first-order valence-electron chi connectivity index (χ1n) is 8.08. The third kappa shape index (κ3) is 4.63. The highest BCUT2D eigenvalue weighted by atomic mass is 19.1. The summed E-state index contributed by atoms with van der Waals surface area (Å²) in [7, 11) is 0. The van der Waals surface area contributed by atoms with Crippen molar-refractivity contribution in [3.8, 4) is 0 Å². The van der Waals surface area contributed by atoms with E-state index in [1.54, 1.807) is 54.7 Å². The van der Waals surface area contributed by atoms with Gasteiger partial charge in [0.25, 0.3) is 0 Å². The van der Waals surface area contributed by atoms with E-state index < -0.39 is 5.82 Å². The summed E-state index contributed by atoms with van der Waals surface area (Å²) >= 11 is 0. The average molecular weight is 353 g/mol. The lowest BCUT2D eigenvalue weighted by Crippen LogP contribution is -2.16. The lowest BCUT2D eigenvalue weighted by Gasteiger charge is -2.09. The van der Waals surface area contributed by atoms with Gasteiger partial charge in [0, 0.05) is 12.1 Å². The predicted octanol–water partition coefficient (Wildman–Crippen LogP) is 4.15. The minimum atomic E-state index is -0.414. The van der Waals surface area contributed by atoms with Gasteiger partial charge in [-0.05, 0) is 29.8 Å². The van der Waals surface area contributed by atoms with E-state index in [1.807, 2.05) is 0 Å². The Kier molecular flexibility index (Phi) is 5.53. The maximum atomic E-state index is 13.6. The highest BCUT2D eigenvalue weighted by Crippen LogP contribution is 2.14. The summed E-state index contributed by atoms with van der Waals surface area (Å²) in [5, 5.41) is 5.69. The van der Waals surface area contributed by atoms with Gasteiger partial charge in [0.2, 0.25) is 5.91 Å². The molecule has 26 heavy (non-hydrogen) atoms. The Morgan fingerprint density at radius 2 is 1.54 bits per heavy atom. The second kappa shape index (κ2) is 8.20. The van der Waals surface area contributed by atoms with Crippen molar-refractivity contribution < 1.29 is 13.6 Å². The largest absolute Gasteiger partial charge is 0.380 e. The predicted molar refractivity (Wildman–Crippen MR) is 96.7 cm³/mol. The number of hydrogen-bond donors (Lipinski definition) is 2. The van der Waals surface area contributed by atoms with Crippen LogP contribution in [0, 0.1) is 11.6 Å². The molecule has 1 heterocycles. The SMILES string of the molecule is O=C(Cc1ccccc1F)Nc1ccc(NCc2ccccc2F)cn1. The number of amides is 1. The number of hydrogen-bond acceptors (Lipinski definition) is 3. The van der Waals surface area contributed by atoms with Crippen molar-refractivity contribution in [2.75, 3.05) is 10.6 Å². The van der Waals surface area contributed by atoms with Crippen LogP contribution in [-0.2, 0) is 17.8 Å². The molecule has 132 valence electrons. The van der Waals surface area contributed by atoms with Crippen LogP contribution in [0.5, 0.6) is 0 Å². The van der Waals surface area contributed by atoms with Crippen LogP contribution >= 0.6 is 0 Å². The number of nitrogens with one attached hydrogen (secondary N) is 2. The van der Waals surface area contributed by atoms with Crippen molar-refractivity contribution in [3.05, 3.63) is 89.6 Å². The van der Waals surface area contributed by atoms with E-state index in [4.69, 9.17) is 0 Å². The zero-order chi connectivity index (χ0) is 18.4. The minimum Gasteiger partial charge on any atom is -0.380 e. The van der Waals surface area contributed by atoms with Gasteiger partial charge in [-0.1, -0.05) is 36.4 Å². The number of pyridine rings is 1. The highest BCUT2D eigenvalue weighted by Gasteiger charge is 2.08. The van der Waals surface area contributed by atoms with Gasteiger partial charge in [0.05, 0.1) is 18.3 Å². The first-order chi connectivity index (χ1) is 12.6. The van der Waals surface area contributed by atoms with Crippen molar-refractivity contribution in [2.24, 2.45) is 0 Å². The van der Waals surface area contributed by atoms with E-state index >= 15 is 0 Å². The second-order valence-corrected chi connectivity index (χ2v) is 5.69. The molecule has 1 amide bonds. The molecule has 1 aromatic heterocycles. The van der Waals surface area contributed by atoms with Crippen molar-refractivity contribution >= 4 is 17.4 Å². The molecule has 0 saturated carbocycles. The number of benzene rings is 2. The smallest absolute Gasteiger partial charge is 0.230 e. The van der Waals surface area contributed by atoms with E-state index in [1.165, 1.54) is 12.1 Å². The summed E-state index contributed by atoms with van der Waals surface area (Å²) in [5.41, 5.74) is 1.57. The third-order valence-electron chi connectivity index (χ3n) is 3.78. The maximum absolute atomic E-state index is 13.6. The standard InChI is InChI=1S/C20H17F2N3O/c21-17-7-3-1-5-14(17)11-20(26)25-19-10-9-16(13-24-19)23-12-15-6-2-4-8-18(15)22/h1-10,13,23H,11-12H2,(H,24,25,26). The molecule has 0 spiro atoms. The third-order valence-corrected chi connectivity index (χ3v) is 3.78. The summed E-state index contributed by atoms with van der Waals surface area (Å²) in [6.07, 6.45) is 1.47. The first-order valence-corrected chi connectivity index (χ1v) is 8.08. The molecule has 6 heteroatoms. The van der Waals surface area contributed by atoms with E-state index in [-0.39, 0.29) is 18.1 Å². The van der Waals surface area contributed by atoms with E-state index in [9.17, 15) is 13.6 Å². The first kappa shape index (κ1) is 17.5. The summed E-state index contributed by atoms with van der Waals surface area (Å²) in [5.74, 6) is -0.675. The van der Waals surface area contributed by atoms with Gasteiger partial charge in [-0.3, -0.25) is 4.79 Å². The molecule has 3 rings (SSSR count). The van der Waals surface area contributed by atoms with Crippen LogP contribution in [0.4, 0.5) is 20.3 Å². The molecule has 3 aromatic rings. The van der Waals surface area contributed by atoms with Crippen LogP contribution in [0.1, 0.15) is 11.1 Å². The Hall–Kier alpha value is -3.28. The van der Waals surface area contributed by atoms with Crippen LogP contribution in [0.15, 0.2) is 66.9 Å². The molecule has 0 aliphatic carbocycles. The number of carbonyl (C=O) groups excluding carboxylic acids is 1. The zero-order valence-corrected chi connectivity index (χ0v) is 13.9. The Morgan fingerprint density at radius 1 is 0.885 bits per heavy atom. The average Bonchev–Trinajstić information content (AvgIpc) is 2.64. The second-order valence-electron chi connectivity index (χ2n) is 5.69. The molecule has 0 bridgehead atoms. The molecule has 0 fully saturated rings. The molecular formula is C20H17F2N3O. The topological polar surface area (TPSA) is 54.0 Å². The van der Waals surface area contributed by atoms with Crippen LogP contribution in [0.3, 0.4) is 0 Å². The van der Waals surface area contributed by atoms with Crippen LogP contribution in [0.25, 0.3) is 0 Å². The molecule has 0 radical (unpaired) electrons. The Labute approximate surface area is 149 Å². The Bertz CT molecular complexity index is 898. The molecule has 4 nitrogen and oxygen atoms in total. The molecule has 0 saturated heterocycles. The fourth-order valence-electron chi connectivity index (χ4n) is 2.41. The number of rotatable bonds is 6. The van der Waals surface area contributed by atoms with Crippen molar-refractivity contribution in [1.82, 2.24) is 4.98 Å². The van der Waals surface area contributed by atoms with Crippen LogP contribution < -0.4 is 10.6 Å². The van der Waals surface area contributed by atoms with Crippen molar-refractivity contribution in [1.29, 1.82) is 0 Å². The Balaban J connectivity index is 1.55. The van der Waals surface area contributed by atoms with E-state index in [0.29, 0.717) is 29.2 Å². The van der Waals surface area contributed by atoms with Crippen molar-refractivity contribution in [2.45, 2.75) is 13.0 Å². The number of halogens is 2. The molecule has 0 unspecified atom stereocenters. The minimum absolute atomic E-state index is 0.0678. The number of nitrogens with zero attached hydrogens (tertiary/aromatic N) is 1. The molecule has 0 atom stereocenters. The fraction of sp³-hybridized carbons (Fsp3) is 0.100. The lowest BCUT2D eigenvalue weighted by atomic mass is 10.1. The van der Waals surface area contributed by atoms with Gasteiger partial charge >= 0.3 is 0 Å². The monoisotopic (exact) mass is 353 g/mol. The summed E-state index contributed by atoms with van der Waals surface area (Å²) < 4.78 is 27.1. The molecule has 0 aliphatic rings. The van der Waals surface area contributed by atoms with Crippen LogP contribution in [0.2, 0.25) is 0 Å². The number of carbonyl (C=O) groups is 1. The molecule has 2 aromatic carbocycles. The normalized spacial score (nSPS) is 10.4. The molecular weight excluding hydrogens is 336 g/mol. The van der Waals surface area contributed by atoms with Gasteiger partial charge in [-0.2, -0.15) is 0 Å².